The van der Waals surface area contributed by atoms with Crippen LogP contribution >= 0.6 is 22.9 Å². The van der Waals surface area contributed by atoms with Gasteiger partial charge in [0.25, 0.3) is 5.91 Å². The van der Waals surface area contributed by atoms with Crippen molar-refractivity contribution in [1.82, 2.24) is 15.1 Å². The van der Waals surface area contributed by atoms with E-state index in [-0.39, 0.29) is 24.0 Å². The van der Waals surface area contributed by atoms with E-state index in [0.29, 0.717) is 22.3 Å². The molecule has 5 rings (SSSR count). The van der Waals surface area contributed by atoms with E-state index in [1.807, 2.05) is 21.9 Å². The van der Waals surface area contributed by atoms with Crippen LogP contribution in [0.2, 0.25) is 4.34 Å². The lowest BCUT2D eigenvalue weighted by Gasteiger charge is -2.24. The molecule has 4 heterocycles. The van der Waals surface area contributed by atoms with E-state index in [0.717, 1.165) is 44.7 Å². The van der Waals surface area contributed by atoms with Crippen LogP contribution in [0.1, 0.15) is 22.5 Å². The third-order valence-electron chi connectivity index (χ3n) is 6.75. The number of halogens is 1. The van der Waals surface area contributed by atoms with Crippen molar-refractivity contribution in [1.29, 1.82) is 0 Å². The molecule has 2 atom stereocenters. The second-order valence-corrected chi connectivity index (χ2v) is 10.5. The summed E-state index contributed by atoms with van der Waals surface area (Å²) < 4.78 is 0.598. The van der Waals surface area contributed by atoms with Crippen LogP contribution in [0.25, 0.3) is 0 Å². The summed E-state index contributed by atoms with van der Waals surface area (Å²) in [5, 5.41) is 3.12. The van der Waals surface area contributed by atoms with Gasteiger partial charge >= 0.3 is 6.03 Å². The minimum absolute atomic E-state index is 0.0114. The predicted molar refractivity (Wildman–Crippen MR) is 129 cm³/mol. The van der Waals surface area contributed by atoms with Crippen LogP contribution in [-0.4, -0.2) is 80.1 Å². The molecule has 3 aliphatic heterocycles. The molecule has 0 spiro atoms. The van der Waals surface area contributed by atoms with Crippen LogP contribution in [0.4, 0.5) is 16.2 Å². The molecular formula is C23H28ClN5O2S. The summed E-state index contributed by atoms with van der Waals surface area (Å²) in [6, 6.07) is 11.8. The smallest absolute Gasteiger partial charge is 0.324 e. The Kier molecular flexibility index (Phi) is 6.01. The van der Waals surface area contributed by atoms with Crippen LogP contribution < -0.4 is 15.1 Å². The number of amides is 3. The monoisotopic (exact) mass is 473 g/mol. The molecule has 1 aromatic heterocycles. The number of rotatable bonds is 4. The second kappa shape index (κ2) is 8.92. The fraction of sp³-hybridized carbons (Fsp3) is 0.478. The van der Waals surface area contributed by atoms with E-state index < -0.39 is 0 Å². The number of urea groups is 1. The van der Waals surface area contributed by atoms with Crippen molar-refractivity contribution >= 4 is 46.3 Å². The minimum Gasteiger partial charge on any atom is -0.370 e. The van der Waals surface area contributed by atoms with E-state index >= 15 is 0 Å². The predicted octanol–water partition coefficient (Wildman–Crippen LogP) is 3.36. The van der Waals surface area contributed by atoms with Crippen LogP contribution in [0.15, 0.2) is 36.4 Å². The average Bonchev–Trinajstić information content (AvgIpc) is 3.43. The highest BCUT2D eigenvalue weighted by molar-refractivity contribution is 7.18. The maximum atomic E-state index is 13.1. The molecule has 3 saturated heterocycles. The Hall–Kier alpha value is -2.29. The van der Waals surface area contributed by atoms with Gasteiger partial charge in [0.2, 0.25) is 0 Å². The van der Waals surface area contributed by atoms with E-state index in [2.05, 4.69) is 34.3 Å². The molecule has 1 aromatic carbocycles. The number of nitrogens with one attached hydrogen (secondary N) is 1. The van der Waals surface area contributed by atoms with Crippen molar-refractivity contribution in [3.05, 3.63) is 45.6 Å². The van der Waals surface area contributed by atoms with E-state index in [9.17, 15) is 9.59 Å². The number of benzene rings is 1. The van der Waals surface area contributed by atoms with Gasteiger partial charge in [-0.25, -0.2) is 4.79 Å². The lowest BCUT2D eigenvalue weighted by Crippen LogP contribution is -2.44. The van der Waals surface area contributed by atoms with Gasteiger partial charge in [0.1, 0.15) is 0 Å². The molecule has 3 amide bonds. The number of anilines is 2. The van der Waals surface area contributed by atoms with Crippen molar-refractivity contribution in [3.63, 3.8) is 0 Å². The van der Waals surface area contributed by atoms with Gasteiger partial charge in [-0.15, -0.1) is 11.3 Å². The summed E-state index contributed by atoms with van der Waals surface area (Å²) in [6.07, 6.45) is 1.93. The zero-order chi connectivity index (χ0) is 22.2. The van der Waals surface area contributed by atoms with Crippen molar-refractivity contribution in [3.8, 4) is 0 Å². The molecule has 170 valence electrons. The molecule has 2 aromatic rings. The maximum absolute atomic E-state index is 13.1. The lowest BCUT2D eigenvalue weighted by atomic mass is 10.1. The zero-order valence-corrected chi connectivity index (χ0v) is 19.7. The molecule has 0 radical (unpaired) electrons. The summed E-state index contributed by atoms with van der Waals surface area (Å²) in [7, 11) is 2.17. The molecule has 3 aliphatic rings. The maximum Gasteiger partial charge on any atom is 0.324 e. The Balaban J connectivity index is 1.25. The highest BCUT2D eigenvalue weighted by Gasteiger charge is 2.46. The second-order valence-electron chi connectivity index (χ2n) is 8.79. The van der Waals surface area contributed by atoms with Gasteiger partial charge in [0.05, 0.1) is 27.8 Å². The summed E-state index contributed by atoms with van der Waals surface area (Å²) in [6.45, 7) is 5.52. The molecule has 0 unspecified atom stereocenters. The number of thiophene rings is 1. The molecule has 0 aliphatic carbocycles. The summed E-state index contributed by atoms with van der Waals surface area (Å²) in [5.74, 6) is -0.118. The Bertz CT molecular complexity index is 997. The molecule has 0 saturated carbocycles. The number of likely N-dealkylation sites (N-methyl/N-ethyl adjacent to an activating group) is 1. The summed E-state index contributed by atoms with van der Waals surface area (Å²) in [4.78, 5) is 34.8. The van der Waals surface area contributed by atoms with Gasteiger partial charge < -0.3 is 20.0 Å². The number of nitrogens with zero attached hydrogens (tertiary/aromatic N) is 4. The standard InChI is InChI=1S/C23H28ClN5O2S/c1-26-10-2-11-27(14-13-26)16-3-5-17(6-4-16)29-15-19-18(9-12-28(19)23(29)31)25-22(30)20-7-8-21(24)32-20/h3-8,18-19H,2,9-15H2,1H3,(H,25,30)/t18-,19-/m1/s1. The molecule has 0 bridgehead atoms. The SMILES string of the molecule is CN1CCCN(c2ccc(N3C[C@@H]4[C@H](NC(=O)c5ccc(Cl)s5)CCN4C3=O)cc2)CC1. The first-order chi connectivity index (χ1) is 15.5. The molecule has 32 heavy (non-hydrogen) atoms. The average molecular weight is 474 g/mol. The topological polar surface area (TPSA) is 59.1 Å². The molecule has 3 fully saturated rings. The molecular weight excluding hydrogens is 446 g/mol. The zero-order valence-electron chi connectivity index (χ0n) is 18.2. The van der Waals surface area contributed by atoms with Crippen LogP contribution in [0, 0.1) is 0 Å². The first kappa shape index (κ1) is 21.6. The Morgan fingerprint density at radius 3 is 2.56 bits per heavy atom. The Labute approximate surface area is 197 Å². The van der Waals surface area contributed by atoms with Crippen LogP contribution in [-0.2, 0) is 0 Å². The number of carbonyl (C=O) groups is 2. The Morgan fingerprint density at radius 1 is 1.03 bits per heavy atom. The summed E-state index contributed by atoms with van der Waals surface area (Å²) in [5.41, 5.74) is 2.12. The van der Waals surface area contributed by atoms with E-state index in [1.165, 1.54) is 17.0 Å². The number of hydrogen-bond acceptors (Lipinski definition) is 5. The molecule has 7 nitrogen and oxygen atoms in total. The third kappa shape index (κ3) is 4.19. The number of hydrogen-bond donors (Lipinski definition) is 1. The lowest BCUT2D eigenvalue weighted by molar-refractivity contribution is 0.0935. The van der Waals surface area contributed by atoms with Crippen molar-refractivity contribution < 1.29 is 9.59 Å². The van der Waals surface area contributed by atoms with Gasteiger partial charge in [-0.1, -0.05) is 11.6 Å². The fourth-order valence-electron chi connectivity index (χ4n) is 4.95. The Morgan fingerprint density at radius 2 is 1.81 bits per heavy atom. The van der Waals surface area contributed by atoms with Gasteiger partial charge in [0, 0.05) is 37.6 Å². The van der Waals surface area contributed by atoms with Gasteiger partial charge in [-0.3, -0.25) is 9.69 Å². The van der Waals surface area contributed by atoms with E-state index in [1.54, 1.807) is 12.1 Å². The molecule has 1 N–H and O–H groups in total. The van der Waals surface area contributed by atoms with E-state index in [4.69, 9.17) is 11.6 Å². The minimum atomic E-state index is -0.118. The van der Waals surface area contributed by atoms with Crippen LogP contribution in [0.5, 0.6) is 0 Å². The number of carbonyl (C=O) groups excluding carboxylic acids is 2. The largest absolute Gasteiger partial charge is 0.370 e. The van der Waals surface area contributed by atoms with Crippen molar-refractivity contribution in [2.45, 2.75) is 24.9 Å². The highest BCUT2D eigenvalue weighted by Crippen LogP contribution is 2.32. The first-order valence-electron chi connectivity index (χ1n) is 11.2. The van der Waals surface area contributed by atoms with Crippen LogP contribution in [0.3, 0.4) is 0 Å². The molecule has 9 heteroatoms. The van der Waals surface area contributed by atoms with Gasteiger partial charge in [-0.2, -0.15) is 0 Å². The normalized spacial score (nSPS) is 24.1. The van der Waals surface area contributed by atoms with Gasteiger partial charge in [-0.05, 0) is 62.8 Å². The van der Waals surface area contributed by atoms with Crippen molar-refractivity contribution in [2.75, 3.05) is 56.1 Å². The first-order valence-corrected chi connectivity index (χ1v) is 12.4. The van der Waals surface area contributed by atoms with Gasteiger partial charge in [0.15, 0.2) is 0 Å². The fourth-order valence-corrected chi connectivity index (χ4v) is 5.89. The highest BCUT2D eigenvalue weighted by atomic mass is 35.5. The van der Waals surface area contributed by atoms with Crippen molar-refractivity contribution in [2.24, 2.45) is 0 Å². The third-order valence-corrected chi connectivity index (χ3v) is 7.98. The quantitative estimate of drug-likeness (QED) is 0.739. The number of fused-ring (bicyclic) bond motifs is 1. The summed E-state index contributed by atoms with van der Waals surface area (Å²) >= 11 is 7.24.